The first-order chi connectivity index (χ1) is 5.00. The molecule has 0 heterocycles. The summed E-state index contributed by atoms with van der Waals surface area (Å²) in [5.74, 6) is 0. The fraction of sp³-hybridized carbons (Fsp3) is 0.714. The van der Waals surface area contributed by atoms with Crippen LogP contribution < -0.4 is 0 Å². The van der Waals surface area contributed by atoms with Crippen molar-refractivity contribution < 1.29 is 0 Å². The Bertz CT molecular complexity index is 150. The Labute approximate surface area is 82.9 Å². The Hall–Kier alpha value is 0.410. The van der Waals surface area contributed by atoms with E-state index < -0.39 is 0 Å². The van der Waals surface area contributed by atoms with Crippen LogP contribution in [-0.4, -0.2) is 17.5 Å². The molecule has 0 saturated carbocycles. The van der Waals surface area contributed by atoms with Gasteiger partial charge in [0.1, 0.15) is 9.65 Å². The van der Waals surface area contributed by atoms with Gasteiger partial charge >= 0.3 is 0 Å². The third-order valence-corrected chi connectivity index (χ3v) is 2.33. The van der Waals surface area contributed by atoms with Crippen molar-refractivity contribution in [2.45, 2.75) is 26.8 Å². The van der Waals surface area contributed by atoms with E-state index in [2.05, 4.69) is 0 Å². The molecule has 0 fully saturated rings. The van der Waals surface area contributed by atoms with Gasteiger partial charge in [-0.2, -0.15) is 0 Å². The van der Waals surface area contributed by atoms with Gasteiger partial charge in [-0.25, -0.2) is 0 Å². The van der Waals surface area contributed by atoms with Gasteiger partial charge in [-0.3, -0.25) is 0 Å². The summed E-state index contributed by atoms with van der Waals surface area (Å²) >= 11 is 16.9. The molecular weight excluding hydrogens is 204 g/mol. The molecule has 0 unspecified atom stereocenters. The highest BCUT2D eigenvalue weighted by Crippen LogP contribution is 2.22. The third-order valence-electron chi connectivity index (χ3n) is 1.37. The molecule has 0 N–H and O–H groups in total. The molecule has 0 spiro atoms. The van der Waals surface area contributed by atoms with Crippen molar-refractivity contribution >= 4 is 34.8 Å². The Morgan fingerprint density at radius 2 is 1.73 bits per heavy atom. The molecule has 0 aliphatic rings. The van der Waals surface area contributed by atoms with Gasteiger partial charge in [-0.05, 0) is 20.8 Å². The summed E-state index contributed by atoms with van der Waals surface area (Å²) in [5, 5.41) is 0.422. The first-order valence-electron chi connectivity index (χ1n) is 3.48. The zero-order valence-electron chi connectivity index (χ0n) is 6.87. The molecule has 0 aliphatic carbocycles. The van der Waals surface area contributed by atoms with Crippen LogP contribution in [0.15, 0.2) is 9.65 Å². The third kappa shape index (κ3) is 3.55. The highest BCUT2D eigenvalue weighted by molar-refractivity contribution is 6.59. The molecule has 4 heteroatoms. The van der Waals surface area contributed by atoms with E-state index >= 15 is 0 Å². The summed E-state index contributed by atoms with van der Waals surface area (Å²) in [5.41, 5.74) is 0. The Morgan fingerprint density at radius 3 is 1.82 bits per heavy atom. The molecule has 1 nitrogen and oxygen atoms in total. The van der Waals surface area contributed by atoms with Crippen molar-refractivity contribution in [3.05, 3.63) is 9.65 Å². The van der Waals surface area contributed by atoms with Crippen LogP contribution in [0.2, 0.25) is 0 Å². The summed E-state index contributed by atoms with van der Waals surface area (Å²) in [6.45, 7) is 6.86. The smallest absolute Gasteiger partial charge is 0.141 e. The number of nitrogens with zero attached hydrogens (tertiary/aromatic N) is 1. The molecule has 0 rings (SSSR count). The van der Waals surface area contributed by atoms with Gasteiger partial charge in [-0.15, -0.1) is 0 Å². The van der Waals surface area contributed by atoms with Crippen molar-refractivity contribution in [3.8, 4) is 0 Å². The zero-order valence-corrected chi connectivity index (χ0v) is 9.13. The summed E-state index contributed by atoms with van der Waals surface area (Å²) in [4.78, 5) is 1.91. The van der Waals surface area contributed by atoms with Gasteiger partial charge in [0.05, 0.1) is 0 Å². The minimum Gasteiger partial charge on any atom is -0.358 e. The van der Waals surface area contributed by atoms with Crippen LogP contribution in [-0.2, 0) is 0 Å². The maximum atomic E-state index is 5.82. The highest BCUT2D eigenvalue weighted by Gasteiger charge is 2.11. The van der Waals surface area contributed by atoms with E-state index in [4.69, 9.17) is 34.8 Å². The normalized spacial score (nSPS) is 10.1. The summed E-state index contributed by atoms with van der Waals surface area (Å²) in [6.07, 6.45) is 0. The molecule has 0 aromatic heterocycles. The lowest BCUT2D eigenvalue weighted by molar-refractivity contribution is 0.317. The van der Waals surface area contributed by atoms with Gasteiger partial charge < -0.3 is 4.90 Å². The van der Waals surface area contributed by atoms with E-state index in [-0.39, 0.29) is 4.49 Å². The molecular formula is C7H12Cl3N. The average Bonchev–Trinajstić information content (AvgIpc) is 1.88. The van der Waals surface area contributed by atoms with Crippen LogP contribution in [0.5, 0.6) is 0 Å². The first-order valence-corrected chi connectivity index (χ1v) is 4.61. The van der Waals surface area contributed by atoms with Crippen molar-refractivity contribution in [1.82, 2.24) is 4.90 Å². The maximum absolute atomic E-state index is 5.82. The Morgan fingerprint density at radius 1 is 1.27 bits per heavy atom. The first kappa shape index (κ1) is 11.4. The summed E-state index contributed by atoms with van der Waals surface area (Å²) in [6, 6.07) is 0.319. The predicted molar refractivity (Wildman–Crippen MR) is 52.1 cm³/mol. The van der Waals surface area contributed by atoms with Crippen molar-refractivity contribution in [3.63, 3.8) is 0 Å². The van der Waals surface area contributed by atoms with Crippen LogP contribution in [0, 0.1) is 0 Å². The molecule has 0 saturated heterocycles. The molecule has 11 heavy (non-hydrogen) atoms. The fourth-order valence-corrected chi connectivity index (χ4v) is 1.37. The van der Waals surface area contributed by atoms with E-state index in [1.807, 2.05) is 25.7 Å². The molecule has 0 aliphatic heterocycles. The van der Waals surface area contributed by atoms with E-state index in [0.717, 1.165) is 6.54 Å². The van der Waals surface area contributed by atoms with Crippen molar-refractivity contribution in [2.75, 3.05) is 6.54 Å². The maximum Gasteiger partial charge on any atom is 0.141 e. The highest BCUT2D eigenvalue weighted by atomic mass is 35.5. The van der Waals surface area contributed by atoms with Gasteiger partial charge in [0.25, 0.3) is 0 Å². The predicted octanol–water partition coefficient (Wildman–Crippen LogP) is 3.56. The second-order valence-electron chi connectivity index (χ2n) is 2.43. The summed E-state index contributed by atoms with van der Waals surface area (Å²) < 4.78 is 0.127. The lowest BCUT2D eigenvalue weighted by Crippen LogP contribution is -2.28. The van der Waals surface area contributed by atoms with Crippen LogP contribution in [0.4, 0.5) is 0 Å². The minimum atomic E-state index is 0.127. The number of rotatable bonds is 3. The van der Waals surface area contributed by atoms with E-state index in [1.165, 1.54) is 0 Å². The van der Waals surface area contributed by atoms with Gasteiger partial charge in [0.15, 0.2) is 0 Å². The molecule has 0 radical (unpaired) electrons. The Kier molecular flexibility index (Phi) is 5.32. The van der Waals surface area contributed by atoms with Crippen LogP contribution in [0.1, 0.15) is 20.8 Å². The van der Waals surface area contributed by atoms with Crippen LogP contribution in [0.25, 0.3) is 0 Å². The molecule has 0 aromatic carbocycles. The van der Waals surface area contributed by atoms with E-state index in [9.17, 15) is 0 Å². The lowest BCUT2D eigenvalue weighted by atomic mass is 10.3. The van der Waals surface area contributed by atoms with E-state index in [0.29, 0.717) is 11.2 Å². The largest absolute Gasteiger partial charge is 0.358 e. The SMILES string of the molecule is CCN(C(Cl)=C(Cl)Cl)C(C)C. The van der Waals surface area contributed by atoms with Gasteiger partial charge in [0, 0.05) is 12.6 Å². The second kappa shape index (κ2) is 5.13. The van der Waals surface area contributed by atoms with Gasteiger partial charge in [-0.1, -0.05) is 34.8 Å². The van der Waals surface area contributed by atoms with Crippen LogP contribution >= 0.6 is 34.8 Å². The molecule has 0 bridgehead atoms. The standard InChI is InChI=1S/C7H12Cl3N/c1-4-11(5(2)3)7(10)6(8)9/h5H,4H2,1-3H3. The number of hydrogen-bond acceptors (Lipinski definition) is 1. The average molecular weight is 217 g/mol. The number of halogens is 3. The molecule has 0 atom stereocenters. The monoisotopic (exact) mass is 215 g/mol. The topological polar surface area (TPSA) is 3.24 Å². The zero-order chi connectivity index (χ0) is 9.02. The van der Waals surface area contributed by atoms with Crippen molar-refractivity contribution in [2.24, 2.45) is 0 Å². The number of hydrogen-bond donors (Lipinski definition) is 0. The fourth-order valence-electron chi connectivity index (χ4n) is 0.839. The minimum absolute atomic E-state index is 0.127. The molecule has 66 valence electrons. The lowest BCUT2D eigenvalue weighted by Gasteiger charge is -2.26. The Balaban J connectivity index is 4.39. The van der Waals surface area contributed by atoms with Crippen LogP contribution in [0.3, 0.4) is 0 Å². The quantitative estimate of drug-likeness (QED) is 0.652. The summed E-state index contributed by atoms with van der Waals surface area (Å²) in [7, 11) is 0. The van der Waals surface area contributed by atoms with Gasteiger partial charge in [0.2, 0.25) is 0 Å². The molecule has 0 aromatic rings. The van der Waals surface area contributed by atoms with E-state index in [1.54, 1.807) is 0 Å². The second-order valence-corrected chi connectivity index (χ2v) is 3.74. The molecule has 0 amide bonds. The van der Waals surface area contributed by atoms with Crippen molar-refractivity contribution in [1.29, 1.82) is 0 Å².